The van der Waals surface area contributed by atoms with Crippen LogP contribution in [0.25, 0.3) is 0 Å². The molecule has 2 aromatic carbocycles. The van der Waals surface area contributed by atoms with Gasteiger partial charge in [0.15, 0.2) is 0 Å². The van der Waals surface area contributed by atoms with Crippen LogP contribution in [0, 0.1) is 5.92 Å². The molecule has 1 heterocycles. The highest BCUT2D eigenvalue weighted by Crippen LogP contribution is 2.30. The fourth-order valence-corrected chi connectivity index (χ4v) is 6.27. The van der Waals surface area contributed by atoms with Crippen molar-refractivity contribution in [2.45, 2.75) is 63.2 Å². The number of amides is 1. The number of benzene rings is 2. The lowest BCUT2D eigenvalue weighted by atomic mass is 10.0. The van der Waals surface area contributed by atoms with Gasteiger partial charge in [-0.15, -0.1) is 0 Å². The van der Waals surface area contributed by atoms with E-state index in [4.69, 9.17) is 14.2 Å². The molecule has 14 heteroatoms. The fraction of sp³-hybridized carbons (Fsp3) is 0.567. The number of ether oxygens (including phenoxy) is 3. The van der Waals surface area contributed by atoms with Crippen molar-refractivity contribution in [1.82, 2.24) is 9.21 Å². The van der Waals surface area contributed by atoms with Gasteiger partial charge in [0, 0.05) is 38.3 Å². The average Bonchev–Trinajstić information content (AvgIpc) is 2.97. The number of methoxy groups -OCH3 is 1. The molecule has 0 radical (unpaired) electrons. The summed E-state index contributed by atoms with van der Waals surface area (Å²) in [6.45, 7) is 5.78. The minimum atomic E-state index is -4.00. The molecule has 0 saturated carbocycles. The largest absolute Gasteiger partial charge is 0.497 e. The molecule has 246 valence electrons. The van der Waals surface area contributed by atoms with Gasteiger partial charge in [-0.05, 0) is 75.6 Å². The van der Waals surface area contributed by atoms with Crippen LogP contribution in [0.1, 0.15) is 50.4 Å². The number of hydrogen-bond acceptors (Lipinski definition) is 9. The van der Waals surface area contributed by atoms with Crippen molar-refractivity contribution in [3.05, 3.63) is 48.0 Å². The SMILES string of the molecule is COc1ccc(S(=O)(=O)Nc2ccc3c(c2)C(=O)N([C@H](C)CO)C[C@@H](C)[C@@H](CN(C)S(C)(=O)=O)OCCCC[C@@H](C)O3)cc1. The highest BCUT2D eigenvalue weighted by molar-refractivity contribution is 7.92. The molecule has 0 spiro atoms. The molecule has 0 bridgehead atoms. The lowest BCUT2D eigenvalue weighted by Crippen LogP contribution is -2.47. The molecule has 4 atom stereocenters. The fourth-order valence-electron chi connectivity index (χ4n) is 4.81. The number of likely N-dealkylation sites (N-methyl/N-ethyl adjacent to an activating group) is 1. The van der Waals surface area contributed by atoms with Crippen LogP contribution < -0.4 is 14.2 Å². The number of nitrogens with zero attached hydrogens (tertiary/aromatic N) is 2. The van der Waals surface area contributed by atoms with Crippen molar-refractivity contribution in [2.24, 2.45) is 5.92 Å². The van der Waals surface area contributed by atoms with E-state index in [0.29, 0.717) is 24.5 Å². The zero-order chi connectivity index (χ0) is 32.7. The second kappa shape index (κ2) is 15.4. The van der Waals surface area contributed by atoms with Gasteiger partial charge >= 0.3 is 0 Å². The molecule has 44 heavy (non-hydrogen) atoms. The summed E-state index contributed by atoms with van der Waals surface area (Å²) in [5, 5.41) is 10.1. The van der Waals surface area contributed by atoms with Gasteiger partial charge in [-0.3, -0.25) is 9.52 Å². The van der Waals surface area contributed by atoms with E-state index in [0.717, 1.165) is 19.1 Å². The number of fused-ring (bicyclic) bond motifs is 1. The number of aliphatic hydroxyl groups is 1. The van der Waals surface area contributed by atoms with E-state index in [1.54, 1.807) is 13.0 Å². The summed E-state index contributed by atoms with van der Waals surface area (Å²) in [6, 6.07) is 9.84. The Kier molecular flexibility index (Phi) is 12.4. The highest BCUT2D eigenvalue weighted by Gasteiger charge is 2.31. The van der Waals surface area contributed by atoms with Crippen molar-refractivity contribution in [1.29, 1.82) is 0 Å². The van der Waals surface area contributed by atoms with Crippen LogP contribution >= 0.6 is 0 Å². The molecule has 1 aliphatic heterocycles. The lowest BCUT2D eigenvalue weighted by Gasteiger charge is -2.35. The maximum atomic E-state index is 14.2. The van der Waals surface area contributed by atoms with Crippen LogP contribution in [0.15, 0.2) is 47.4 Å². The van der Waals surface area contributed by atoms with Gasteiger partial charge in [0.1, 0.15) is 11.5 Å². The minimum absolute atomic E-state index is 0.0176. The van der Waals surface area contributed by atoms with Crippen molar-refractivity contribution in [3.8, 4) is 11.5 Å². The van der Waals surface area contributed by atoms with Crippen molar-refractivity contribution < 1.29 is 40.9 Å². The maximum Gasteiger partial charge on any atom is 0.261 e. The number of hydrogen-bond donors (Lipinski definition) is 2. The number of rotatable bonds is 9. The number of nitrogens with one attached hydrogen (secondary N) is 1. The number of carbonyl (C=O) groups excluding carboxylic acids is 1. The smallest absolute Gasteiger partial charge is 0.261 e. The number of sulfonamides is 2. The Morgan fingerprint density at radius 2 is 1.80 bits per heavy atom. The third-order valence-corrected chi connectivity index (χ3v) is 10.4. The van der Waals surface area contributed by atoms with Crippen LogP contribution in [0.3, 0.4) is 0 Å². The molecular weight excluding hydrogens is 610 g/mol. The zero-order valence-electron chi connectivity index (χ0n) is 26.2. The van der Waals surface area contributed by atoms with Crippen LogP contribution in [-0.2, 0) is 24.8 Å². The summed E-state index contributed by atoms with van der Waals surface area (Å²) in [7, 11) is -4.49. The maximum absolute atomic E-state index is 14.2. The molecule has 2 N–H and O–H groups in total. The first kappa shape index (κ1) is 35.6. The molecule has 3 rings (SSSR count). The molecular formula is C30H45N3O9S2. The van der Waals surface area contributed by atoms with Crippen molar-refractivity contribution >= 4 is 31.6 Å². The lowest BCUT2D eigenvalue weighted by molar-refractivity contribution is -0.00828. The summed E-state index contributed by atoms with van der Waals surface area (Å²) in [6.07, 6.45) is 2.53. The average molecular weight is 656 g/mol. The first-order valence-electron chi connectivity index (χ1n) is 14.6. The molecule has 0 fully saturated rings. The number of anilines is 1. The Labute approximate surface area is 261 Å². The van der Waals surface area contributed by atoms with Crippen LogP contribution in [0.2, 0.25) is 0 Å². The molecule has 1 aliphatic rings. The van der Waals surface area contributed by atoms with Crippen LogP contribution in [0.5, 0.6) is 11.5 Å². The van der Waals surface area contributed by atoms with Gasteiger partial charge in [-0.2, -0.15) is 0 Å². The number of aliphatic hydroxyl groups excluding tert-OH is 1. The summed E-state index contributed by atoms with van der Waals surface area (Å²) >= 11 is 0. The predicted octanol–water partition coefficient (Wildman–Crippen LogP) is 3.18. The Balaban J connectivity index is 2.02. The summed E-state index contributed by atoms with van der Waals surface area (Å²) < 4.78 is 71.9. The van der Waals surface area contributed by atoms with Gasteiger partial charge < -0.3 is 24.2 Å². The van der Waals surface area contributed by atoms with Crippen molar-refractivity contribution in [3.63, 3.8) is 0 Å². The molecule has 12 nitrogen and oxygen atoms in total. The quantitative estimate of drug-likeness (QED) is 0.415. The number of carbonyl (C=O) groups is 1. The predicted molar refractivity (Wildman–Crippen MR) is 168 cm³/mol. The Hall–Kier alpha value is -2.91. The van der Waals surface area contributed by atoms with E-state index in [9.17, 15) is 26.7 Å². The van der Waals surface area contributed by atoms with Crippen LogP contribution in [-0.4, -0.2) is 102 Å². The van der Waals surface area contributed by atoms with Gasteiger partial charge in [0.05, 0.1) is 48.7 Å². The third kappa shape index (κ3) is 9.54. The zero-order valence-corrected chi connectivity index (χ0v) is 27.9. The van der Waals surface area contributed by atoms with E-state index in [2.05, 4.69) is 4.72 Å². The topological polar surface area (TPSA) is 152 Å². The molecule has 1 amide bonds. The first-order chi connectivity index (χ1) is 20.7. The van der Waals surface area contributed by atoms with Crippen LogP contribution in [0.4, 0.5) is 5.69 Å². The second-order valence-electron chi connectivity index (χ2n) is 11.3. The Morgan fingerprint density at radius 1 is 1.11 bits per heavy atom. The van der Waals surface area contributed by atoms with E-state index in [-0.39, 0.29) is 47.9 Å². The Morgan fingerprint density at radius 3 is 2.41 bits per heavy atom. The standard InChI is InChI=1S/C30H45N3O9S2/c1-21-18-33(22(2)20-34)30(35)27-17-24(31-44(38,39)26-13-11-25(40-5)12-14-26)10-15-28(27)42-23(3)9-7-8-16-41-29(21)19-32(4)43(6,36)37/h10-15,17,21-23,29,31,34H,7-9,16,18-20H2,1-6H3/t21-,22-,23-,29-/m1/s1. The van der Waals surface area contributed by atoms with Gasteiger partial charge in [0.25, 0.3) is 15.9 Å². The van der Waals surface area contributed by atoms with E-state index >= 15 is 0 Å². The van der Waals surface area contributed by atoms with Gasteiger partial charge in [0.2, 0.25) is 10.0 Å². The van der Waals surface area contributed by atoms with Crippen molar-refractivity contribution in [2.75, 3.05) is 51.4 Å². The minimum Gasteiger partial charge on any atom is -0.497 e. The van der Waals surface area contributed by atoms with E-state index in [1.165, 1.54) is 59.8 Å². The highest BCUT2D eigenvalue weighted by atomic mass is 32.2. The molecule has 2 aromatic rings. The summed E-state index contributed by atoms with van der Waals surface area (Å²) in [5.41, 5.74) is 0.285. The molecule has 0 saturated heterocycles. The molecule has 0 aromatic heterocycles. The first-order valence-corrected chi connectivity index (χ1v) is 17.9. The normalized spacial score (nSPS) is 21.6. The molecule has 0 aliphatic carbocycles. The monoisotopic (exact) mass is 655 g/mol. The van der Waals surface area contributed by atoms with Gasteiger partial charge in [-0.25, -0.2) is 21.1 Å². The van der Waals surface area contributed by atoms with E-state index < -0.39 is 38.1 Å². The summed E-state index contributed by atoms with van der Waals surface area (Å²) in [5.74, 6) is 0.00733. The summed E-state index contributed by atoms with van der Waals surface area (Å²) in [4.78, 5) is 15.7. The van der Waals surface area contributed by atoms with Gasteiger partial charge in [-0.1, -0.05) is 6.92 Å². The second-order valence-corrected chi connectivity index (χ2v) is 15.1. The molecule has 0 unspecified atom stereocenters. The van der Waals surface area contributed by atoms with E-state index in [1.807, 2.05) is 13.8 Å². The Bertz CT molecular complexity index is 1470. The third-order valence-electron chi connectivity index (χ3n) is 7.68.